The van der Waals surface area contributed by atoms with Gasteiger partial charge in [0.25, 0.3) is 0 Å². The smallest absolute Gasteiger partial charge is 0.338 e. The normalized spacial score (nSPS) is 17.2. The fraction of sp³-hybridized carbons (Fsp3) is 0.214. The van der Waals surface area contributed by atoms with Crippen LogP contribution in [0.2, 0.25) is 0 Å². The summed E-state index contributed by atoms with van der Waals surface area (Å²) in [6.07, 6.45) is 1.40. The molecule has 1 aliphatic heterocycles. The molecule has 108 valence electrons. The van der Waals surface area contributed by atoms with Crippen molar-refractivity contribution in [3.05, 3.63) is 53.2 Å². The minimum absolute atomic E-state index is 0.341. The molecule has 1 atom stereocenters. The van der Waals surface area contributed by atoms with E-state index in [-0.39, 0.29) is 5.82 Å². The van der Waals surface area contributed by atoms with Gasteiger partial charge in [-0.15, -0.1) is 0 Å². The van der Waals surface area contributed by atoms with Gasteiger partial charge < -0.3 is 10.1 Å². The number of halogens is 1. The van der Waals surface area contributed by atoms with Crippen molar-refractivity contribution in [2.24, 2.45) is 0 Å². The fourth-order valence-corrected chi connectivity index (χ4v) is 2.42. The van der Waals surface area contributed by atoms with Gasteiger partial charge in [-0.25, -0.2) is 13.9 Å². The third kappa shape index (κ3) is 2.16. The van der Waals surface area contributed by atoms with Crippen molar-refractivity contribution in [1.29, 1.82) is 0 Å². The lowest BCUT2D eigenvalue weighted by atomic mass is 9.96. The van der Waals surface area contributed by atoms with Gasteiger partial charge in [-0.3, -0.25) is 0 Å². The number of anilines is 1. The van der Waals surface area contributed by atoms with E-state index in [1.165, 1.54) is 25.6 Å². The Morgan fingerprint density at radius 2 is 2.10 bits per heavy atom. The predicted octanol–water partition coefficient (Wildman–Crippen LogP) is 1.88. The molecule has 2 heterocycles. The van der Waals surface area contributed by atoms with Crippen LogP contribution in [0.15, 0.2) is 41.9 Å². The summed E-state index contributed by atoms with van der Waals surface area (Å²) < 4.78 is 19.6. The van der Waals surface area contributed by atoms with Gasteiger partial charge in [-0.1, -0.05) is 12.1 Å². The molecule has 0 saturated heterocycles. The number of methoxy groups -OCH3 is 1. The third-order valence-corrected chi connectivity index (χ3v) is 3.39. The van der Waals surface area contributed by atoms with Gasteiger partial charge in [0, 0.05) is 5.70 Å². The summed E-state index contributed by atoms with van der Waals surface area (Å²) in [5.74, 6) is -0.281. The van der Waals surface area contributed by atoms with Crippen LogP contribution in [0.5, 0.6) is 0 Å². The summed E-state index contributed by atoms with van der Waals surface area (Å²) >= 11 is 0. The molecule has 0 fully saturated rings. The largest absolute Gasteiger partial charge is 0.466 e. The Kier molecular flexibility index (Phi) is 3.17. The van der Waals surface area contributed by atoms with Crippen molar-refractivity contribution in [2.45, 2.75) is 13.0 Å². The zero-order valence-corrected chi connectivity index (χ0v) is 11.5. The second-order valence-corrected chi connectivity index (χ2v) is 4.64. The topological polar surface area (TPSA) is 69.0 Å². The first-order valence-corrected chi connectivity index (χ1v) is 6.33. The van der Waals surface area contributed by atoms with Gasteiger partial charge >= 0.3 is 5.97 Å². The molecule has 1 aliphatic rings. The van der Waals surface area contributed by atoms with Crippen LogP contribution < -0.4 is 5.32 Å². The maximum Gasteiger partial charge on any atom is 0.338 e. The lowest BCUT2D eigenvalue weighted by Gasteiger charge is -2.27. The Bertz CT molecular complexity index is 721. The van der Waals surface area contributed by atoms with Gasteiger partial charge in [0.1, 0.15) is 18.2 Å². The monoisotopic (exact) mass is 288 g/mol. The van der Waals surface area contributed by atoms with Crippen LogP contribution in [0.25, 0.3) is 0 Å². The van der Waals surface area contributed by atoms with Crippen LogP contribution in [0.4, 0.5) is 10.3 Å². The average molecular weight is 288 g/mol. The van der Waals surface area contributed by atoms with E-state index in [1.54, 1.807) is 23.7 Å². The van der Waals surface area contributed by atoms with Gasteiger partial charge in [-0.2, -0.15) is 10.1 Å². The zero-order valence-electron chi connectivity index (χ0n) is 11.5. The second kappa shape index (κ2) is 5.01. The van der Waals surface area contributed by atoms with E-state index in [2.05, 4.69) is 15.4 Å². The highest BCUT2D eigenvalue weighted by Crippen LogP contribution is 2.34. The molecule has 2 aromatic rings. The molecule has 3 rings (SSSR count). The van der Waals surface area contributed by atoms with Crippen LogP contribution >= 0.6 is 0 Å². The number of nitrogens with zero attached hydrogens (tertiary/aromatic N) is 3. The van der Waals surface area contributed by atoms with Crippen molar-refractivity contribution in [2.75, 3.05) is 12.4 Å². The summed E-state index contributed by atoms with van der Waals surface area (Å²) in [4.78, 5) is 16.2. The molecule has 21 heavy (non-hydrogen) atoms. The molecule has 6 nitrogen and oxygen atoms in total. The standard InChI is InChI=1S/C14H13FN4O2/c1-8-11(13(20)21-2)12(9-3-5-10(15)6-4-9)19-14(18-8)16-7-17-19/h3-7,12H,1-2H3,(H,16,17,18). The Hall–Kier alpha value is -2.70. The molecule has 0 aliphatic carbocycles. The maximum absolute atomic E-state index is 13.1. The highest BCUT2D eigenvalue weighted by atomic mass is 19.1. The Morgan fingerprint density at radius 3 is 2.76 bits per heavy atom. The molecule has 1 N–H and O–H groups in total. The highest BCUT2D eigenvalue weighted by molar-refractivity contribution is 5.92. The van der Waals surface area contributed by atoms with Crippen LogP contribution in [0, 0.1) is 5.82 Å². The number of rotatable bonds is 2. The van der Waals surface area contributed by atoms with Gasteiger partial charge in [-0.05, 0) is 24.6 Å². The lowest BCUT2D eigenvalue weighted by Crippen LogP contribution is -2.29. The molecular weight excluding hydrogens is 275 g/mol. The van der Waals surface area contributed by atoms with Crippen molar-refractivity contribution in [1.82, 2.24) is 14.8 Å². The molecule has 0 saturated carbocycles. The average Bonchev–Trinajstić information content (AvgIpc) is 2.94. The van der Waals surface area contributed by atoms with E-state index in [0.29, 0.717) is 17.2 Å². The first kappa shape index (κ1) is 13.3. The summed E-state index contributed by atoms with van der Waals surface area (Å²) in [5, 5.41) is 7.16. The number of nitrogens with one attached hydrogen (secondary N) is 1. The highest BCUT2D eigenvalue weighted by Gasteiger charge is 2.33. The van der Waals surface area contributed by atoms with Crippen molar-refractivity contribution < 1.29 is 13.9 Å². The number of ether oxygens (including phenoxy) is 1. The number of carbonyl (C=O) groups is 1. The number of fused-ring (bicyclic) bond motifs is 1. The second-order valence-electron chi connectivity index (χ2n) is 4.64. The molecular formula is C14H13FN4O2. The van der Waals surface area contributed by atoms with Crippen LogP contribution in [0.1, 0.15) is 18.5 Å². The van der Waals surface area contributed by atoms with Gasteiger partial charge in [0.2, 0.25) is 5.95 Å². The van der Waals surface area contributed by atoms with E-state index in [9.17, 15) is 9.18 Å². The quantitative estimate of drug-likeness (QED) is 0.854. The first-order chi connectivity index (χ1) is 10.1. The van der Waals surface area contributed by atoms with Crippen molar-refractivity contribution >= 4 is 11.9 Å². The predicted molar refractivity (Wildman–Crippen MR) is 72.9 cm³/mol. The minimum atomic E-state index is -0.503. The van der Waals surface area contributed by atoms with E-state index in [1.807, 2.05) is 0 Å². The van der Waals surface area contributed by atoms with Crippen LogP contribution in [-0.4, -0.2) is 27.8 Å². The lowest BCUT2D eigenvalue weighted by molar-refractivity contribution is -0.136. The minimum Gasteiger partial charge on any atom is -0.466 e. The third-order valence-electron chi connectivity index (χ3n) is 3.39. The van der Waals surface area contributed by atoms with E-state index in [0.717, 1.165) is 5.56 Å². The molecule has 0 amide bonds. The molecule has 1 aromatic carbocycles. The molecule has 0 spiro atoms. The number of benzene rings is 1. The number of hydrogen-bond acceptors (Lipinski definition) is 5. The summed E-state index contributed by atoms with van der Waals surface area (Å²) in [6.45, 7) is 1.76. The summed E-state index contributed by atoms with van der Waals surface area (Å²) in [5.41, 5.74) is 1.78. The maximum atomic E-state index is 13.1. The summed E-state index contributed by atoms with van der Waals surface area (Å²) in [7, 11) is 1.32. The Labute approximate surface area is 120 Å². The number of hydrogen-bond donors (Lipinski definition) is 1. The van der Waals surface area contributed by atoms with Crippen molar-refractivity contribution in [3.8, 4) is 0 Å². The van der Waals surface area contributed by atoms with E-state index >= 15 is 0 Å². The first-order valence-electron chi connectivity index (χ1n) is 6.33. The molecule has 0 bridgehead atoms. The van der Waals surface area contributed by atoms with Crippen molar-refractivity contribution in [3.63, 3.8) is 0 Å². The number of carbonyl (C=O) groups excluding carboxylic acids is 1. The number of allylic oxidation sites excluding steroid dienone is 1. The number of aromatic nitrogens is 3. The molecule has 0 radical (unpaired) electrons. The SMILES string of the molecule is COC(=O)C1=C(C)Nc2ncnn2C1c1ccc(F)cc1. The van der Waals surface area contributed by atoms with Crippen LogP contribution in [-0.2, 0) is 9.53 Å². The zero-order chi connectivity index (χ0) is 15.0. The van der Waals surface area contributed by atoms with E-state index < -0.39 is 12.0 Å². The number of esters is 1. The molecule has 1 aromatic heterocycles. The Balaban J connectivity index is 2.17. The Morgan fingerprint density at radius 1 is 1.38 bits per heavy atom. The van der Waals surface area contributed by atoms with Crippen LogP contribution in [0.3, 0.4) is 0 Å². The fourth-order valence-electron chi connectivity index (χ4n) is 2.42. The summed E-state index contributed by atoms with van der Waals surface area (Å²) in [6, 6.07) is 5.42. The van der Waals surface area contributed by atoms with Gasteiger partial charge in [0.15, 0.2) is 0 Å². The van der Waals surface area contributed by atoms with E-state index in [4.69, 9.17) is 4.74 Å². The van der Waals surface area contributed by atoms with Gasteiger partial charge in [0.05, 0.1) is 12.7 Å². The molecule has 7 heteroatoms. The molecule has 1 unspecified atom stereocenters.